The normalized spacial score (nSPS) is 17.9. The van der Waals surface area contributed by atoms with E-state index in [9.17, 15) is 4.79 Å². The van der Waals surface area contributed by atoms with E-state index in [1.807, 2.05) is 18.2 Å². The van der Waals surface area contributed by atoms with Crippen LogP contribution < -0.4 is 0 Å². The minimum Gasteiger partial charge on any atom is -0.345 e. The average molecular weight is 464 g/mol. The Hall–Kier alpha value is -2.38. The monoisotopic (exact) mass is 463 g/mol. The van der Waals surface area contributed by atoms with E-state index in [4.69, 9.17) is 0 Å². The SMILES string of the molecule is Cc1cc(C(=O)CSc2nnc(C(C)N3CCCCC3)n2-c2ccccc2)c(C)n1C1CC1. The molecule has 7 heteroatoms. The van der Waals surface area contributed by atoms with Crippen LogP contribution in [0.1, 0.15) is 78.7 Å². The number of Topliss-reactive ketones (excluding diaryl/α,β-unsaturated/α-hetero) is 1. The fourth-order valence-electron chi connectivity index (χ4n) is 5.10. The molecular weight excluding hydrogens is 430 g/mol. The number of nitrogens with zero attached hydrogens (tertiary/aromatic N) is 5. The smallest absolute Gasteiger partial charge is 0.196 e. The number of para-hydroxylation sites is 1. The molecule has 1 saturated heterocycles. The van der Waals surface area contributed by atoms with Gasteiger partial charge in [0.15, 0.2) is 16.8 Å². The number of ketones is 1. The Balaban J connectivity index is 1.39. The molecule has 0 amide bonds. The van der Waals surface area contributed by atoms with Gasteiger partial charge in [-0.15, -0.1) is 10.2 Å². The van der Waals surface area contributed by atoms with E-state index in [-0.39, 0.29) is 11.8 Å². The Kier molecular flexibility index (Phi) is 6.43. The molecule has 1 saturated carbocycles. The Bertz CT molecular complexity index is 1130. The summed E-state index contributed by atoms with van der Waals surface area (Å²) < 4.78 is 4.48. The van der Waals surface area contributed by atoms with Gasteiger partial charge in [0.05, 0.1) is 11.8 Å². The van der Waals surface area contributed by atoms with Gasteiger partial charge < -0.3 is 4.57 Å². The fraction of sp³-hybridized carbons (Fsp3) is 0.500. The molecule has 6 nitrogen and oxygen atoms in total. The molecule has 1 aliphatic carbocycles. The Labute approximate surface area is 200 Å². The maximum absolute atomic E-state index is 13.2. The van der Waals surface area contributed by atoms with Crippen LogP contribution >= 0.6 is 11.8 Å². The molecule has 1 unspecified atom stereocenters. The van der Waals surface area contributed by atoms with Crippen LogP contribution in [0.3, 0.4) is 0 Å². The maximum atomic E-state index is 13.2. The summed E-state index contributed by atoms with van der Waals surface area (Å²) in [5, 5.41) is 9.95. The van der Waals surface area contributed by atoms with Gasteiger partial charge in [0.25, 0.3) is 0 Å². The molecule has 1 aliphatic heterocycles. The molecule has 1 atom stereocenters. The highest BCUT2D eigenvalue weighted by atomic mass is 32.2. The van der Waals surface area contributed by atoms with Gasteiger partial charge in [0, 0.05) is 28.7 Å². The molecular formula is C26H33N5OS. The van der Waals surface area contributed by atoms with Crippen molar-refractivity contribution in [2.45, 2.75) is 70.1 Å². The third-order valence-corrected chi connectivity index (χ3v) is 7.94. The van der Waals surface area contributed by atoms with Gasteiger partial charge in [-0.2, -0.15) is 0 Å². The van der Waals surface area contributed by atoms with Gasteiger partial charge in [-0.3, -0.25) is 14.3 Å². The second-order valence-electron chi connectivity index (χ2n) is 9.38. The zero-order valence-electron chi connectivity index (χ0n) is 19.8. The van der Waals surface area contributed by atoms with E-state index >= 15 is 0 Å². The summed E-state index contributed by atoms with van der Waals surface area (Å²) in [6.45, 7) is 8.60. The maximum Gasteiger partial charge on any atom is 0.196 e. The van der Waals surface area contributed by atoms with Crippen LogP contribution in [0.25, 0.3) is 5.69 Å². The van der Waals surface area contributed by atoms with Crippen LogP contribution in [0.15, 0.2) is 41.6 Å². The number of hydrogen-bond donors (Lipinski definition) is 0. The number of rotatable bonds is 8. The molecule has 2 fully saturated rings. The topological polar surface area (TPSA) is 56.0 Å². The summed E-state index contributed by atoms with van der Waals surface area (Å²) in [6.07, 6.45) is 6.21. The second-order valence-corrected chi connectivity index (χ2v) is 10.3. The van der Waals surface area contributed by atoms with Gasteiger partial charge >= 0.3 is 0 Å². The summed E-state index contributed by atoms with van der Waals surface area (Å²) in [6, 6.07) is 13.1. The van der Waals surface area contributed by atoms with Crippen molar-refractivity contribution in [1.82, 2.24) is 24.2 Å². The van der Waals surface area contributed by atoms with Gasteiger partial charge in [-0.1, -0.05) is 36.4 Å². The van der Waals surface area contributed by atoms with Crippen LogP contribution in [0, 0.1) is 13.8 Å². The van der Waals surface area contributed by atoms with Gasteiger partial charge in [0.1, 0.15) is 0 Å². The fourth-order valence-corrected chi connectivity index (χ4v) is 5.94. The number of carbonyl (C=O) groups is 1. The quantitative estimate of drug-likeness (QED) is 0.324. The van der Waals surface area contributed by atoms with Crippen molar-refractivity contribution >= 4 is 17.5 Å². The lowest BCUT2D eigenvalue weighted by atomic mass is 10.1. The lowest BCUT2D eigenvalue weighted by Crippen LogP contribution is -2.33. The number of thioether (sulfide) groups is 1. The highest BCUT2D eigenvalue weighted by molar-refractivity contribution is 7.99. The molecule has 0 radical (unpaired) electrons. The van der Waals surface area contributed by atoms with Gasteiger partial charge in [-0.05, 0) is 77.7 Å². The van der Waals surface area contributed by atoms with Gasteiger partial charge in [0.2, 0.25) is 0 Å². The van der Waals surface area contributed by atoms with Crippen molar-refractivity contribution in [3.63, 3.8) is 0 Å². The van der Waals surface area contributed by atoms with E-state index in [2.05, 4.69) is 63.2 Å². The number of carbonyl (C=O) groups excluding carboxylic acids is 1. The average Bonchev–Trinajstić information content (AvgIpc) is 3.51. The van der Waals surface area contributed by atoms with Crippen LogP contribution in [0.5, 0.6) is 0 Å². The summed E-state index contributed by atoms with van der Waals surface area (Å²) in [5.41, 5.74) is 4.18. The van der Waals surface area contributed by atoms with E-state index in [1.165, 1.54) is 49.6 Å². The van der Waals surface area contributed by atoms with Crippen LogP contribution in [0.4, 0.5) is 0 Å². The van der Waals surface area contributed by atoms with Crippen LogP contribution in [-0.4, -0.2) is 48.9 Å². The molecule has 5 rings (SSSR count). The highest BCUT2D eigenvalue weighted by Gasteiger charge is 2.29. The first-order valence-corrected chi connectivity index (χ1v) is 13.1. The Morgan fingerprint density at radius 1 is 1.09 bits per heavy atom. The molecule has 174 valence electrons. The van der Waals surface area contributed by atoms with E-state index in [0.717, 1.165) is 41.0 Å². The third kappa shape index (κ3) is 4.53. The van der Waals surface area contributed by atoms with Crippen LogP contribution in [0.2, 0.25) is 0 Å². The Morgan fingerprint density at radius 2 is 1.82 bits per heavy atom. The minimum absolute atomic E-state index is 0.160. The molecule has 3 aromatic rings. The van der Waals surface area contributed by atoms with Crippen molar-refractivity contribution in [1.29, 1.82) is 0 Å². The molecule has 3 heterocycles. The Morgan fingerprint density at radius 3 is 2.52 bits per heavy atom. The summed E-state index contributed by atoms with van der Waals surface area (Å²) >= 11 is 1.49. The first-order valence-electron chi connectivity index (χ1n) is 12.1. The molecule has 0 spiro atoms. The van der Waals surface area contributed by atoms with Crippen molar-refractivity contribution in [3.05, 3.63) is 59.2 Å². The zero-order valence-corrected chi connectivity index (χ0v) is 20.6. The third-order valence-electron chi connectivity index (χ3n) is 7.01. The lowest BCUT2D eigenvalue weighted by Gasteiger charge is -2.31. The van der Waals surface area contributed by atoms with Crippen molar-refractivity contribution in [2.75, 3.05) is 18.8 Å². The standard InChI is InChI=1S/C26H33N5OS/c1-18-16-23(19(2)30(18)22-12-13-22)24(32)17-33-26-28-27-25(20(3)29-14-8-5-9-15-29)31(26)21-10-6-4-7-11-21/h4,6-7,10-11,16,20,22H,5,8-9,12-15,17H2,1-3H3. The number of aryl methyl sites for hydroxylation is 1. The first-order chi connectivity index (χ1) is 16.0. The van der Waals surface area contributed by atoms with E-state index in [0.29, 0.717) is 11.8 Å². The predicted molar refractivity (Wildman–Crippen MR) is 132 cm³/mol. The summed E-state index contributed by atoms with van der Waals surface area (Å²) in [5.74, 6) is 1.47. The number of piperidine rings is 1. The second kappa shape index (κ2) is 9.47. The number of aromatic nitrogens is 4. The van der Waals surface area contributed by atoms with Crippen molar-refractivity contribution in [3.8, 4) is 5.69 Å². The lowest BCUT2D eigenvalue weighted by molar-refractivity contribution is 0.102. The van der Waals surface area contributed by atoms with Crippen molar-refractivity contribution < 1.29 is 4.79 Å². The van der Waals surface area contributed by atoms with Crippen molar-refractivity contribution in [2.24, 2.45) is 0 Å². The first kappa shape index (κ1) is 22.4. The van der Waals surface area contributed by atoms with E-state index < -0.39 is 0 Å². The predicted octanol–water partition coefficient (Wildman–Crippen LogP) is 5.54. The molecule has 0 N–H and O–H groups in total. The summed E-state index contributed by atoms with van der Waals surface area (Å²) in [7, 11) is 0. The highest BCUT2D eigenvalue weighted by Crippen LogP contribution is 2.38. The summed E-state index contributed by atoms with van der Waals surface area (Å²) in [4.78, 5) is 15.7. The molecule has 33 heavy (non-hydrogen) atoms. The minimum atomic E-state index is 0.160. The molecule has 1 aromatic carbocycles. The zero-order chi connectivity index (χ0) is 22.9. The molecule has 2 aliphatic rings. The molecule has 0 bridgehead atoms. The number of likely N-dealkylation sites (tertiary alicyclic amines) is 1. The number of benzene rings is 1. The van der Waals surface area contributed by atoms with Crippen LogP contribution in [-0.2, 0) is 0 Å². The number of hydrogen-bond acceptors (Lipinski definition) is 5. The van der Waals surface area contributed by atoms with E-state index in [1.54, 1.807) is 0 Å². The molecule has 2 aromatic heterocycles. The van der Waals surface area contributed by atoms with Gasteiger partial charge in [-0.25, -0.2) is 0 Å². The largest absolute Gasteiger partial charge is 0.345 e.